The highest BCUT2D eigenvalue weighted by atomic mass is 16.3. The minimum Gasteiger partial charge on any atom is -0.460 e. The van der Waals surface area contributed by atoms with Crippen LogP contribution in [-0.4, -0.2) is 10.3 Å². The van der Waals surface area contributed by atoms with Gasteiger partial charge >= 0.3 is 0 Å². The van der Waals surface area contributed by atoms with Crippen LogP contribution in [-0.2, 0) is 24.9 Å². The lowest BCUT2D eigenvalue weighted by Gasteiger charge is -2.30. The number of nitrogens with two attached hydrogens (primary N) is 1. The lowest BCUT2D eigenvalue weighted by Crippen LogP contribution is -2.28. The molecular formula is C53H49N3O. The molecule has 0 aliphatic heterocycles. The standard InChI is InChI=1S/C53H49N3O/c1-53(2)45-31-36(33-13-4-3-5-14-33)23-26-37(45)40-18-12-19-42(51(40)53)52(41-17-6-9-20-46(41)54)55-32-56-47-21-10-7-15-38(47)43-29-34(24-27-48(43)56)35-25-28-50-44(30-35)39-16-8-11-22-49(39)57-50/h3-4,6-13,15-16,18-22,29-31,41H,5,14,17,23-28,32,54H2,1-2H3/b55-52+. The summed E-state index contributed by atoms with van der Waals surface area (Å²) in [7, 11) is 0. The average molecular weight is 744 g/mol. The van der Waals surface area contributed by atoms with Gasteiger partial charge < -0.3 is 14.7 Å². The third-order valence-electron chi connectivity index (χ3n) is 13.7. The molecule has 0 spiro atoms. The fraction of sp³-hybridized carbons (Fsp3) is 0.264. The fourth-order valence-electron chi connectivity index (χ4n) is 10.9. The molecule has 4 heteroatoms. The van der Waals surface area contributed by atoms with Gasteiger partial charge in [-0.3, -0.25) is 4.99 Å². The topological polar surface area (TPSA) is 56.5 Å². The third-order valence-corrected chi connectivity index (χ3v) is 13.7. The number of hydrogen-bond acceptors (Lipinski definition) is 3. The van der Waals surface area contributed by atoms with Crippen LogP contribution < -0.4 is 5.73 Å². The average Bonchev–Trinajstić information content (AvgIpc) is 3.86. The summed E-state index contributed by atoms with van der Waals surface area (Å²) in [4.78, 5) is 5.71. The van der Waals surface area contributed by atoms with Gasteiger partial charge in [-0.1, -0.05) is 105 Å². The van der Waals surface area contributed by atoms with Crippen molar-refractivity contribution < 1.29 is 4.42 Å². The molecule has 2 aromatic heterocycles. The quantitative estimate of drug-likeness (QED) is 0.176. The number of allylic oxidation sites excluding steroid dienone is 14. The lowest BCUT2D eigenvalue weighted by molar-refractivity contribution is 0.543. The number of benzene rings is 3. The first-order valence-electron chi connectivity index (χ1n) is 21.1. The SMILES string of the molecule is CC1(C)C2=C(CCC(C3=CC=CCC3)=C2)c2cccc(/C(=N/Cn3c4c(c5ccccc53)C=C(C3=Cc5c(oc6ccccc56)CC3)CC4)C3CC=CC=C3N)c21. The van der Waals surface area contributed by atoms with Crippen molar-refractivity contribution in [1.82, 2.24) is 4.57 Å². The highest BCUT2D eigenvalue weighted by Gasteiger charge is 2.41. The maximum atomic E-state index is 6.91. The molecule has 57 heavy (non-hydrogen) atoms. The highest BCUT2D eigenvalue weighted by Crippen LogP contribution is 2.53. The maximum Gasteiger partial charge on any atom is 0.134 e. The predicted octanol–water partition coefficient (Wildman–Crippen LogP) is 12.7. The van der Waals surface area contributed by atoms with Crippen LogP contribution in [0.25, 0.3) is 39.6 Å². The Bertz CT molecular complexity index is 2830. The van der Waals surface area contributed by atoms with Gasteiger partial charge in [-0.25, -0.2) is 0 Å². The van der Waals surface area contributed by atoms with Crippen LogP contribution in [0.3, 0.4) is 0 Å². The minimum atomic E-state index is -0.153. The molecule has 11 rings (SSSR count). The van der Waals surface area contributed by atoms with Gasteiger partial charge in [0.2, 0.25) is 0 Å². The molecule has 6 aliphatic rings. The number of aliphatic imine (C=N–C) groups is 1. The van der Waals surface area contributed by atoms with Gasteiger partial charge in [0.15, 0.2) is 0 Å². The van der Waals surface area contributed by atoms with Gasteiger partial charge in [0.1, 0.15) is 18.0 Å². The maximum absolute atomic E-state index is 6.91. The number of fused-ring (bicyclic) bond motifs is 8. The summed E-state index contributed by atoms with van der Waals surface area (Å²) in [6.45, 7) is 5.42. The molecule has 0 bridgehead atoms. The van der Waals surface area contributed by atoms with E-state index >= 15 is 0 Å². The lowest BCUT2D eigenvalue weighted by atomic mass is 9.74. The van der Waals surface area contributed by atoms with Gasteiger partial charge in [-0.05, 0) is 126 Å². The van der Waals surface area contributed by atoms with Crippen LogP contribution >= 0.6 is 0 Å². The van der Waals surface area contributed by atoms with E-state index in [4.69, 9.17) is 15.1 Å². The number of aromatic nitrogens is 1. The zero-order valence-corrected chi connectivity index (χ0v) is 33.1. The monoisotopic (exact) mass is 743 g/mol. The molecule has 5 aromatic rings. The van der Waals surface area contributed by atoms with Crippen LogP contribution in [0.4, 0.5) is 0 Å². The minimum absolute atomic E-state index is 0.0199. The molecule has 0 saturated heterocycles. The van der Waals surface area contributed by atoms with Crippen LogP contribution in [0, 0.1) is 5.92 Å². The summed E-state index contributed by atoms with van der Waals surface area (Å²) in [6.07, 6.45) is 30.0. The summed E-state index contributed by atoms with van der Waals surface area (Å²) in [5.41, 5.74) is 27.9. The first-order chi connectivity index (χ1) is 27.9. The van der Waals surface area contributed by atoms with E-state index in [0.29, 0.717) is 6.67 Å². The number of aryl methyl sites for hydroxylation is 1. The van der Waals surface area contributed by atoms with E-state index in [0.717, 1.165) is 80.5 Å². The number of para-hydroxylation sites is 2. The van der Waals surface area contributed by atoms with E-state index in [1.54, 1.807) is 0 Å². The summed E-state index contributed by atoms with van der Waals surface area (Å²) >= 11 is 0. The van der Waals surface area contributed by atoms with Crippen molar-refractivity contribution in [3.63, 3.8) is 0 Å². The summed E-state index contributed by atoms with van der Waals surface area (Å²) in [5, 5.41) is 2.52. The molecule has 2 N–H and O–H groups in total. The molecule has 3 aromatic carbocycles. The first kappa shape index (κ1) is 34.4. The Kier molecular flexibility index (Phi) is 8.07. The Hall–Kier alpha value is -5.87. The molecular weight excluding hydrogens is 695 g/mol. The second kappa shape index (κ2) is 13.4. The van der Waals surface area contributed by atoms with E-state index in [9.17, 15) is 0 Å². The Labute approximate surface area is 335 Å². The zero-order valence-electron chi connectivity index (χ0n) is 33.1. The van der Waals surface area contributed by atoms with Crippen molar-refractivity contribution in [2.45, 2.75) is 83.7 Å². The van der Waals surface area contributed by atoms with Crippen LogP contribution in [0.5, 0.6) is 0 Å². The number of furan rings is 1. The van der Waals surface area contributed by atoms with Gasteiger partial charge in [-0.2, -0.15) is 0 Å². The Morgan fingerprint density at radius 2 is 1.53 bits per heavy atom. The molecule has 4 nitrogen and oxygen atoms in total. The van der Waals surface area contributed by atoms with E-state index in [-0.39, 0.29) is 11.3 Å². The van der Waals surface area contributed by atoms with Crippen molar-refractivity contribution >= 4 is 45.3 Å². The normalized spacial score (nSPS) is 21.1. The third kappa shape index (κ3) is 5.51. The largest absolute Gasteiger partial charge is 0.460 e. The Balaban J connectivity index is 0.998. The number of nitrogens with zero attached hydrogens (tertiary/aromatic N) is 2. The fourth-order valence-corrected chi connectivity index (χ4v) is 10.9. The Morgan fingerprint density at radius 3 is 2.39 bits per heavy atom. The summed E-state index contributed by atoms with van der Waals surface area (Å²) < 4.78 is 8.75. The van der Waals surface area contributed by atoms with Crippen LogP contribution in [0.2, 0.25) is 0 Å². The van der Waals surface area contributed by atoms with E-state index in [1.807, 2.05) is 0 Å². The second-order valence-electron chi connectivity index (χ2n) is 17.2. The first-order valence-corrected chi connectivity index (χ1v) is 21.1. The van der Waals surface area contributed by atoms with Crippen molar-refractivity contribution in [2.24, 2.45) is 16.6 Å². The van der Waals surface area contributed by atoms with E-state index in [2.05, 4.69) is 140 Å². The van der Waals surface area contributed by atoms with Crippen LogP contribution in [0.15, 0.2) is 152 Å². The number of hydrogen-bond donors (Lipinski definition) is 1. The van der Waals surface area contributed by atoms with Crippen molar-refractivity contribution in [3.05, 3.63) is 182 Å². The molecule has 2 heterocycles. The molecule has 1 atom stereocenters. The molecule has 0 amide bonds. The van der Waals surface area contributed by atoms with Gasteiger partial charge in [0.25, 0.3) is 0 Å². The summed E-state index contributed by atoms with van der Waals surface area (Å²) in [6, 6.07) is 24.3. The molecule has 0 fully saturated rings. The highest BCUT2D eigenvalue weighted by molar-refractivity contribution is 6.07. The smallest absolute Gasteiger partial charge is 0.134 e. The van der Waals surface area contributed by atoms with Crippen molar-refractivity contribution in [1.29, 1.82) is 0 Å². The molecule has 282 valence electrons. The van der Waals surface area contributed by atoms with E-state index < -0.39 is 0 Å². The molecule has 0 radical (unpaired) electrons. The van der Waals surface area contributed by atoms with E-state index in [1.165, 1.54) is 83.2 Å². The number of rotatable bonds is 6. The van der Waals surface area contributed by atoms with Crippen molar-refractivity contribution in [2.75, 3.05) is 0 Å². The summed E-state index contributed by atoms with van der Waals surface area (Å²) in [5.74, 6) is 1.14. The molecule has 6 aliphatic carbocycles. The van der Waals surface area contributed by atoms with Gasteiger partial charge in [0.05, 0.1) is 11.2 Å². The van der Waals surface area contributed by atoms with Crippen LogP contribution in [0.1, 0.15) is 98.1 Å². The molecule has 0 saturated carbocycles. The Morgan fingerprint density at radius 1 is 0.754 bits per heavy atom. The van der Waals surface area contributed by atoms with Gasteiger partial charge in [0, 0.05) is 56.6 Å². The second-order valence-corrected chi connectivity index (χ2v) is 17.2. The zero-order chi connectivity index (χ0) is 38.3. The van der Waals surface area contributed by atoms with Gasteiger partial charge in [-0.15, -0.1) is 0 Å². The van der Waals surface area contributed by atoms with Crippen molar-refractivity contribution in [3.8, 4) is 0 Å². The predicted molar refractivity (Wildman–Crippen MR) is 237 cm³/mol. The molecule has 1 unspecified atom stereocenters.